The molecule has 0 radical (unpaired) electrons. The van der Waals surface area contributed by atoms with Crippen molar-refractivity contribution in [1.82, 2.24) is 15.9 Å². The van der Waals surface area contributed by atoms with Crippen LogP contribution in [0.15, 0.2) is 36.4 Å². The van der Waals surface area contributed by atoms with Crippen molar-refractivity contribution in [2.75, 3.05) is 13.1 Å². The summed E-state index contributed by atoms with van der Waals surface area (Å²) in [5.74, 6) is -6.62. The molecule has 2 amide bonds. The van der Waals surface area contributed by atoms with Crippen LogP contribution < -0.4 is 16.6 Å². The van der Waals surface area contributed by atoms with Crippen molar-refractivity contribution in [3.63, 3.8) is 0 Å². The molecule has 40 heavy (non-hydrogen) atoms. The first-order chi connectivity index (χ1) is 18.6. The lowest BCUT2D eigenvalue weighted by molar-refractivity contribution is -0.202. The fourth-order valence-corrected chi connectivity index (χ4v) is 3.96. The van der Waals surface area contributed by atoms with E-state index < -0.39 is 48.3 Å². The summed E-state index contributed by atoms with van der Waals surface area (Å²) in [7, 11) is 0. The highest BCUT2D eigenvalue weighted by molar-refractivity contribution is 5.93. The van der Waals surface area contributed by atoms with Crippen molar-refractivity contribution in [3.05, 3.63) is 42.0 Å². The smallest absolute Gasteiger partial charge is 0.385 e. The first kappa shape index (κ1) is 34.7. The zero-order chi connectivity index (χ0) is 30.5. The number of hydrazine groups is 1. The Labute approximate surface area is 232 Å². The van der Waals surface area contributed by atoms with Gasteiger partial charge in [-0.1, -0.05) is 70.2 Å². The van der Waals surface area contributed by atoms with Crippen LogP contribution in [0.2, 0.25) is 0 Å². The van der Waals surface area contributed by atoms with Gasteiger partial charge < -0.3 is 10.5 Å². The Morgan fingerprint density at radius 1 is 1.07 bits per heavy atom. The van der Waals surface area contributed by atoms with E-state index >= 15 is 0 Å². The average molecular weight is 573 g/mol. The van der Waals surface area contributed by atoms with Gasteiger partial charge in [-0.15, -0.1) is 0 Å². The number of alkyl halides is 3. The van der Waals surface area contributed by atoms with Crippen LogP contribution >= 0.6 is 0 Å². The summed E-state index contributed by atoms with van der Waals surface area (Å²) in [6, 6.07) is 7.63. The highest BCUT2D eigenvalue weighted by atomic mass is 19.4. The van der Waals surface area contributed by atoms with E-state index in [2.05, 4.69) is 10.2 Å². The van der Waals surface area contributed by atoms with Gasteiger partial charge in [0.25, 0.3) is 0 Å². The molecule has 0 saturated carbocycles. The van der Waals surface area contributed by atoms with Crippen molar-refractivity contribution in [3.8, 4) is 0 Å². The van der Waals surface area contributed by atoms with Crippen molar-refractivity contribution in [2.45, 2.75) is 59.2 Å². The van der Waals surface area contributed by atoms with Crippen molar-refractivity contribution in [2.24, 2.45) is 29.4 Å². The SMILES string of the molecule is CC(C)C[C@@H](CNN(CC(C)C)C(=O)C[C@H](N)C(=O)OC(=O)C(F)(F)F)C(C/C=C/c1ccccc1)C(=O)NO. The van der Waals surface area contributed by atoms with Crippen LogP contribution in [-0.2, 0) is 23.9 Å². The van der Waals surface area contributed by atoms with Gasteiger partial charge in [0.2, 0.25) is 11.8 Å². The van der Waals surface area contributed by atoms with Crippen LogP contribution in [-0.4, -0.2) is 59.3 Å². The number of amides is 2. The topological polar surface area (TPSA) is 151 Å². The van der Waals surface area contributed by atoms with Gasteiger partial charge in [-0.2, -0.15) is 13.2 Å². The number of rotatable bonds is 15. The molecule has 13 heteroatoms. The van der Waals surface area contributed by atoms with E-state index in [0.717, 1.165) is 5.56 Å². The van der Waals surface area contributed by atoms with E-state index in [-0.39, 0.29) is 30.8 Å². The fraction of sp³-hybridized carbons (Fsp3) is 0.556. The van der Waals surface area contributed by atoms with Gasteiger partial charge in [0.15, 0.2) is 0 Å². The van der Waals surface area contributed by atoms with Crippen molar-refractivity contribution < 1.29 is 42.3 Å². The monoisotopic (exact) mass is 572 g/mol. The summed E-state index contributed by atoms with van der Waals surface area (Å²) in [6.45, 7) is 7.84. The van der Waals surface area contributed by atoms with Crippen LogP contribution in [0.4, 0.5) is 13.2 Å². The maximum atomic E-state index is 12.9. The second-order valence-corrected chi connectivity index (χ2v) is 10.3. The number of nitrogens with two attached hydrogens (primary N) is 1. The van der Waals surface area contributed by atoms with Crippen LogP contribution in [0, 0.1) is 23.7 Å². The van der Waals surface area contributed by atoms with E-state index in [1.54, 1.807) is 5.48 Å². The van der Waals surface area contributed by atoms with E-state index in [4.69, 9.17) is 5.73 Å². The number of allylic oxidation sites excluding steroid dienone is 1. The third kappa shape index (κ3) is 12.7. The highest BCUT2D eigenvalue weighted by Crippen LogP contribution is 2.25. The van der Waals surface area contributed by atoms with Gasteiger partial charge in [-0.3, -0.25) is 19.8 Å². The van der Waals surface area contributed by atoms with Gasteiger partial charge in [0.1, 0.15) is 6.04 Å². The number of ether oxygens (including phenoxy) is 1. The molecule has 0 aliphatic heterocycles. The molecule has 1 aromatic carbocycles. The van der Waals surface area contributed by atoms with Crippen LogP contribution in [0.25, 0.3) is 6.08 Å². The molecule has 0 spiro atoms. The van der Waals surface area contributed by atoms with E-state index in [1.807, 2.05) is 70.2 Å². The summed E-state index contributed by atoms with van der Waals surface area (Å²) in [4.78, 5) is 48.3. The van der Waals surface area contributed by atoms with E-state index in [0.29, 0.717) is 12.8 Å². The number of esters is 2. The molecule has 0 heterocycles. The molecule has 3 atom stereocenters. The summed E-state index contributed by atoms with van der Waals surface area (Å²) >= 11 is 0. The van der Waals surface area contributed by atoms with Gasteiger partial charge in [0.05, 0.1) is 6.42 Å². The molecule has 0 aliphatic carbocycles. The number of halogens is 3. The molecule has 1 rings (SSSR count). The molecule has 0 fully saturated rings. The lowest BCUT2D eigenvalue weighted by Gasteiger charge is -2.31. The number of hydrogen-bond acceptors (Lipinski definition) is 8. The Hall–Kier alpha value is -3.29. The number of nitrogens with zero attached hydrogens (tertiary/aromatic N) is 1. The van der Waals surface area contributed by atoms with Crippen LogP contribution in [0.5, 0.6) is 0 Å². The fourth-order valence-electron chi connectivity index (χ4n) is 3.96. The predicted molar refractivity (Wildman–Crippen MR) is 141 cm³/mol. The summed E-state index contributed by atoms with van der Waals surface area (Å²) in [6.07, 6.45) is -1.58. The molecule has 0 saturated heterocycles. The number of hydroxylamine groups is 1. The van der Waals surface area contributed by atoms with Gasteiger partial charge in [-0.05, 0) is 36.2 Å². The number of nitrogens with one attached hydrogen (secondary N) is 2. The van der Waals surface area contributed by atoms with E-state index in [1.165, 1.54) is 5.01 Å². The van der Waals surface area contributed by atoms with Crippen LogP contribution in [0.3, 0.4) is 0 Å². The Kier molecular flexibility index (Phi) is 14.5. The van der Waals surface area contributed by atoms with Gasteiger partial charge in [-0.25, -0.2) is 20.5 Å². The lowest BCUT2D eigenvalue weighted by Crippen LogP contribution is -2.51. The van der Waals surface area contributed by atoms with Gasteiger partial charge >= 0.3 is 18.1 Å². The Morgan fingerprint density at radius 3 is 2.23 bits per heavy atom. The summed E-state index contributed by atoms with van der Waals surface area (Å²) < 4.78 is 40.9. The maximum absolute atomic E-state index is 12.9. The molecule has 1 unspecified atom stereocenters. The number of carbonyl (C=O) groups excluding carboxylic acids is 4. The molecular weight excluding hydrogens is 533 g/mol. The Balaban J connectivity index is 3.02. The van der Waals surface area contributed by atoms with Gasteiger partial charge in [0, 0.05) is 19.0 Å². The van der Waals surface area contributed by atoms with E-state index in [9.17, 15) is 37.6 Å². The second kappa shape index (κ2) is 16.7. The minimum absolute atomic E-state index is 0.0553. The molecule has 224 valence electrons. The molecule has 10 nitrogen and oxygen atoms in total. The number of benzene rings is 1. The molecule has 0 aromatic heterocycles. The third-order valence-electron chi connectivity index (χ3n) is 5.81. The normalized spacial score (nSPS) is 14.2. The largest absolute Gasteiger partial charge is 0.491 e. The quantitative estimate of drug-likeness (QED) is 0.108. The highest BCUT2D eigenvalue weighted by Gasteiger charge is 2.43. The Morgan fingerprint density at radius 2 is 1.70 bits per heavy atom. The zero-order valence-corrected chi connectivity index (χ0v) is 23.1. The average Bonchev–Trinajstić information content (AvgIpc) is 2.87. The Bertz CT molecular complexity index is 1000. The summed E-state index contributed by atoms with van der Waals surface area (Å²) in [5.41, 5.74) is 11.2. The minimum Gasteiger partial charge on any atom is -0.385 e. The lowest BCUT2D eigenvalue weighted by atomic mass is 9.82. The molecule has 1 aromatic rings. The zero-order valence-electron chi connectivity index (χ0n) is 23.1. The third-order valence-corrected chi connectivity index (χ3v) is 5.81. The number of carbonyl (C=O) groups is 4. The van der Waals surface area contributed by atoms with Crippen molar-refractivity contribution >= 4 is 29.8 Å². The second-order valence-electron chi connectivity index (χ2n) is 10.3. The molecule has 0 bridgehead atoms. The van der Waals surface area contributed by atoms with Crippen LogP contribution in [0.1, 0.15) is 52.5 Å². The first-order valence-corrected chi connectivity index (χ1v) is 12.9. The molecule has 0 aliphatic rings. The minimum atomic E-state index is -5.39. The first-order valence-electron chi connectivity index (χ1n) is 12.9. The summed E-state index contributed by atoms with van der Waals surface area (Å²) in [5, 5.41) is 10.6. The standard InChI is InChI=1S/C27H39F3N4O6/c1-17(2)13-20(21(24(36)33-39)12-8-11-19-9-6-5-7-10-19)15-32-34(16-18(3)4)23(35)14-22(31)25(37)40-26(38)27(28,29)30/h5-11,17-18,20-22,32,39H,12-16,31H2,1-4H3,(H,33,36)/b11-8+/t20-,21?,22-/m0/s1. The predicted octanol–water partition coefficient (Wildman–Crippen LogP) is 3.21. The maximum Gasteiger partial charge on any atom is 0.491 e. The molecule has 5 N–H and O–H groups in total. The van der Waals surface area contributed by atoms with Crippen molar-refractivity contribution in [1.29, 1.82) is 0 Å². The molecular formula is C27H39F3N4O6. The number of hydrogen-bond donors (Lipinski definition) is 4.